The van der Waals surface area contributed by atoms with Crippen molar-refractivity contribution in [3.63, 3.8) is 0 Å². The molecule has 0 aromatic rings. The summed E-state index contributed by atoms with van der Waals surface area (Å²) >= 11 is 0. The molecular formula is C81H168N4O23P4. The lowest BCUT2D eigenvalue weighted by atomic mass is 10.0. The van der Waals surface area contributed by atoms with E-state index in [4.69, 9.17) is 48.2 Å². The fourth-order valence-electron chi connectivity index (χ4n) is 11.6. The average Bonchev–Trinajstić information content (AvgIpc) is 0.906. The van der Waals surface area contributed by atoms with Crippen molar-refractivity contribution in [3.8, 4) is 0 Å². The zero-order valence-electron chi connectivity index (χ0n) is 71.9. The van der Waals surface area contributed by atoms with E-state index in [0.717, 1.165) is 144 Å². The van der Waals surface area contributed by atoms with Crippen molar-refractivity contribution in [1.29, 1.82) is 0 Å². The maximum atomic E-state index is 12.4. The maximum absolute atomic E-state index is 12.4. The normalized spacial score (nSPS) is 13.6. The summed E-state index contributed by atoms with van der Waals surface area (Å²) in [6, 6.07) is 0. The minimum Gasteiger partial charge on any atom is -0.462 e. The molecule has 670 valence electrons. The Bertz CT molecular complexity index is 2300. The van der Waals surface area contributed by atoms with Crippen LogP contribution in [0.2, 0.25) is 0 Å². The number of phosphoric acid groups is 3. The zero-order chi connectivity index (χ0) is 84.0. The van der Waals surface area contributed by atoms with Crippen molar-refractivity contribution >= 4 is 60.7 Å². The van der Waals surface area contributed by atoms with Gasteiger partial charge in [0.15, 0.2) is 6.10 Å². The van der Waals surface area contributed by atoms with Gasteiger partial charge in [0.1, 0.15) is 6.61 Å². The highest BCUT2D eigenvalue weighted by Crippen LogP contribution is 2.43. The Morgan fingerprint density at radius 2 is 0.580 bits per heavy atom. The van der Waals surface area contributed by atoms with Crippen LogP contribution in [0, 0.1) is 0 Å². The maximum Gasteiger partial charge on any atom is 0.471 e. The number of carbonyl (C=O) groups is 5. The van der Waals surface area contributed by atoms with Crippen LogP contribution in [0.25, 0.3) is 0 Å². The number of amides is 3. The second kappa shape index (κ2) is 88.0. The van der Waals surface area contributed by atoms with Gasteiger partial charge in [0.25, 0.3) is 0 Å². The van der Waals surface area contributed by atoms with Gasteiger partial charge in [0.2, 0.25) is 17.7 Å². The molecule has 27 nitrogen and oxygen atoms in total. The lowest BCUT2D eigenvalue weighted by Gasteiger charge is -2.19. The molecule has 5 atom stereocenters. The largest absolute Gasteiger partial charge is 0.471 e. The molecule has 3 amide bonds. The lowest BCUT2D eigenvalue weighted by Crippen LogP contribution is -2.29. The highest BCUT2D eigenvalue weighted by Gasteiger charge is 2.23. The van der Waals surface area contributed by atoms with Gasteiger partial charge in [-0.3, -0.25) is 55.7 Å². The number of rotatable bonds is 81. The van der Waals surface area contributed by atoms with Crippen molar-refractivity contribution in [1.82, 2.24) is 16.0 Å². The van der Waals surface area contributed by atoms with E-state index in [1.807, 2.05) is 0 Å². The summed E-state index contributed by atoms with van der Waals surface area (Å²) in [5, 5.41) is 8.48. The second-order valence-corrected chi connectivity index (χ2v) is 35.8. The highest BCUT2D eigenvalue weighted by atomic mass is 31.2. The van der Waals surface area contributed by atoms with Gasteiger partial charge >= 0.3 is 43.0 Å². The first-order valence-corrected chi connectivity index (χ1v) is 50.2. The Morgan fingerprint density at radius 1 is 0.312 bits per heavy atom. The van der Waals surface area contributed by atoms with E-state index < -0.39 is 43.1 Å². The number of esters is 2. The van der Waals surface area contributed by atoms with E-state index in [2.05, 4.69) is 54.8 Å². The van der Waals surface area contributed by atoms with Crippen LogP contribution in [0.4, 0.5) is 0 Å². The number of methoxy groups -OCH3 is 1. The number of unbranched alkanes of at least 4 members (excludes halogenated alkanes) is 45. The third-order valence-electron chi connectivity index (χ3n) is 18.5. The predicted octanol–water partition coefficient (Wildman–Crippen LogP) is 20.8. The Kier molecular flexibility index (Phi) is 91.2. The Morgan fingerprint density at radius 3 is 0.884 bits per heavy atom. The lowest BCUT2D eigenvalue weighted by molar-refractivity contribution is -0.161. The van der Waals surface area contributed by atoms with Gasteiger partial charge in [-0.2, -0.15) is 0 Å². The van der Waals surface area contributed by atoms with E-state index in [1.54, 1.807) is 7.11 Å². The molecule has 0 rings (SSSR count). The van der Waals surface area contributed by atoms with Gasteiger partial charge < -0.3 is 60.0 Å². The topological polar surface area (TPSA) is 389 Å². The van der Waals surface area contributed by atoms with Gasteiger partial charge in [-0.1, -0.05) is 290 Å². The van der Waals surface area contributed by atoms with Gasteiger partial charge in [-0.05, 0) is 70.8 Å². The fourth-order valence-corrected chi connectivity index (χ4v) is 13.4. The second-order valence-electron chi connectivity index (χ2n) is 29.3. The third-order valence-corrected chi connectivity index (χ3v) is 22.0. The van der Waals surface area contributed by atoms with Crippen LogP contribution in [0.5, 0.6) is 0 Å². The summed E-state index contributed by atoms with van der Waals surface area (Å²) in [7, 11) is -10.2. The molecule has 0 saturated heterocycles. The minimum atomic E-state index is -3.87. The number of nitrogens with two attached hydrogens (primary N) is 1. The number of carbonyl (C=O) groups excluding carboxylic acids is 5. The highest BCUT2D eigenvalue weighted by molar-refractivity contribution is 7.51. The summed E-state index contributed by atoms with van der Waals surface area (Å²) in [6.45, 7) is 11.0. The molecule has 0 bridgehead atoms. The number of hydrogen-bond acceptors (Lipinski definition) is 20. The van der Waals surface area contributed by atoms with Crippen molar-refractivity contribution in [2.75, 3.05) is 101 Å². The molecule has 0 aromatic heterocycles. The molecular weight excluding hydrogens is 1520 g/mol. The number of hydrogen-bond donors (Lipinski definition) is 8. The van der Waals surface area contributed by atoms with E-state index in [1.165, 1.54) is 199 Å². The summed E-state index contributed by atoms with van der Waals surface area (Å²) in [5.41, 5.74) is 5.30. The number of phosphoric ester groups is 3. The van der Waals surface area contributed by atoms with Crippen LogP contribution in [0.3, 0.4) is 0 Å². The molecule has 0 heterocycles. The van der Waals surface area contributed by atoms with Gasteiger partial charge in [-0.15, -0.1) is 0 Å². The summed E-state index contributed by atoms with van der Waals surface area (Å²) in [6.07, 6.45) is 61.2. The van der Waals surface area contributed by atoms with Crippen LogP contribution in [-0.4, -0.2) is 156 Å². The van der Waals surface area contributed by atoms with Crippen molar-refractivity contribution < 1.29 is 108 Å². The molecule has 0 spiro atoms. The molecule has 0 aliphatic heterocycles. The van der Waals surface area contributed by atoms with Gasteiger partial charge in [0.05, 0.1) is 33.0 Å². The van der Waals surface area contributed by atoms with E-state index >= 15 is 0 Å². The first kappa shape index (κ1) is 116. The SMILES string of the molecule is CCCCCCCCCCCCCCCC(=O)NCCCCCCOP(=O)(O)OC.CCCCCCCCCCCCCCCC(=O)OCC(COP(C)(=O)O)OC(=O)CCCCCCCCCCCCCCC.COCCNC(=O)CCCC(=O)NCCCCCCOP(=O)(O)OC.COP(=O)(O)OCCCCCCN. The smallest absolute Gasteiger partial charge is 0.462 e. The Labute approximate surface area is 680 Å². The van der Waals surface area contributed by atoms with Crippen molar-refractivity contribution in [3.05, 3.63) is 0 Å². The Balaban J connectivity index is -0.000000747. The molecule has 0 radical (unpaired) electrons. The molecule has 0 aromatic carbocycles. The predicted molar refractivity (Wildman–Crippen MR) is 451 cm³/mol. The monoisotopic (exact) mass is 1690 g/mol. The van der Waals surface area contributed by atoms with E-state index in [9.17, 15) is 47.1 Å². The van der Waals surface area contributed by atoms with Crippen LogP contribution in [0.1, 0.15) is 387 Å². The third kappa shape index (κ3) is 100. The fraction of sp³-hybridized carbons (Fsp3) is 0.938. The van der Waals surface area contributed by atoms with Crippen LogP contribution < -0.4 is 21.7 Å². The zero-order valence-corrected chi connectivity index (χ0v) is 75.4. The average molecular weight is 1690 g/mol. The van der Waals surface area contributed by atoms with Crippen LogP contribution >= 0.6 is 31.1 Å². The molecule has 0 aliphatic rings. The number of ether oxygens (including phenoxy) is 3. The van der Waals surface area contributed by atoms with Gasteiger partial charge in [0, 0.05) is 86.8 Å². The van der Waals surface area contributed by atoms with E-state index in [-0.39, 0.29) is 63.1 Å². The van der Waals surface area contributed by atoms with Crippen LogP contribution in [0.15, 0.2) is 0 Å². The molecule has 0 saturated carbocycles. The first-order valence-electron chi connectivity index (χ1n) is 43.7. The van der Waals surface area contributed by atoms with E-state index in [0.29, 0.717) is 77.7 Å². The summed E-state index contributed by atoms with van der Waals surface area (Å²) < 4.78 is 92.0. The molecule has 5 unspecified atom stereocenters. The van der Waals surface area contributed by atoms with Crippen LogP contribution in [-0.2, 0) is 88.1 Å². The standard InChI is InChI=1S/C36H71O7P.C23H48NO5P.C15H31N2O7P.C7H18NO4P/c1-4-6-8-10-12-14-16-18-20-22-24-26-28-30-35(37)41-32-34(33-42-44(3,39)40)43-36(38)31-29-27-25-23-21-19-17-15-13-11-9-7-5-2;1-3-4-5-6-7-8-9-10-11-12-13-14-17-20-23(25)24-21-18-15-16-19-22-29-30(26,27)28-2;1-22-13-11-17-15(19)9-7-8-14(18)16-10-5-3-4-6-12-24-25(20,21)23-2;1-11-13(9,10)12-7-5-3-2-4-6-8/h34H,4-33H2,1-3H3,(H,39,40);3-22H2,1-2H3,(H,24,25)(H,26,27);3-13H2,1-2H3,(H,16,18)(H,17,19)(H,20,21);2-8H2,1H3,(H,9,10). The minimum absolute atomic E-state index is 0.0608. The summed E-state index contributed by atoms with van der Waals surface area (Å²) in [4.78, 5) is 95.9. The quantitative estimate of drug-likeness (QED) is 0.0159. The van der Waals surface area contributed by atoms with Gasteiger partial charge in [-0.25, -0.2) is 13.7 Å². The molecule has 31 heteroatoms. The molecule has 0 fully saturated rings. The molecule has 0 aliphatic carbocycles. The molecule has 112 heavy (non-hydrogen) atoms. The summed E-state index contributed by atoms with van der Waals surface area (Å²) in [5.74, 6) is -0.711. The molecule has 9 N–H and O–H groups in total. The Hall–Kier alpha value is -2.25. The van der Waals surface area contributed by atoms with Crippen molar-refractivity contribution in [2.24, 2.45) is 5.73 Å². The van der Waals surface area contributed by atoms with Crippen molar-refractivity contribution in [2.45, 2.75) is 393 Å². The number of nitrogens with one attached hydrogen (secondary N) is 3. The first-order chi connectivity index (χ1) is 53.8.